The van der Waals surface area contributed by atoms with E-state index in [1.165, 1.54) is 29.7 Å². The normalized spacial score (nSPS) is 12.7. The summed E-state index contributed by atoms with van der Waals surface area (Å²) in [6, 6.07) is 14.5. The van der Waals surface area contributed by atoms with Crippen LogP contribution in [0.25, 0.3) is 11.0 Å². The van der Waals surface area contributed by atoms with Crippen molar-refractivity contribution in [2.45, 2.75) is 25.9 Å². The molecule has 0 spiro atoms. The number of rotatable bonds is 6. The average molecular weight is 415 g/mol. The Morgan fingerprint density at radius 1 is 1.10 bits per heavy atom. The number of hydrogen-bond donors (Lipinski definition) is 1. The van der Waals surface area contributed by atoms with Gasteiger partial charge < -0.3 is 19.1 Å². The predicted molar refractivity (Wildman–Crippen MR) is 115 cm³/mol. The Kier molecular flexibility index (Phi) is 4.78. The number of hydrogen-bond acceptors (Lipinski definition) is 5. The average Bonchev–Trinajstić information content (AvgIpc) is 3.36. The van der Waals surface area contributed by atoms with Crippen molar-refractivity contribution < 1.29 is 19.4 Å². The first-order chi connectivity index (χ1) is 15.1. The molecule has 0 aliphatic heterocycles. The zero-order valence-corrected chi connectivity index (χ0v) is 17.0. The summed E-state index contributed by atoms with van der Waals surface area (Å²) < 4.78 is 13.7. The summed E-state index contributed by atoms with van der Waals surface area (Å²) in [5, 5.41) is 9.12. The molecule has 2 aromatic carbocycles. The van der Waals surface area contributed by atoms with Crippen LogP contribution in [-0.4, -0.2) is 25.6 Å². The van der Waals surface area contributed by atoms with E-state index in [0.717, 1.165) is 29.6 Å². The Balaban J connectivity index is 1.35. The maximum atomic E-state index is 11.1. The van der Waals surface area contributed by atoms with E-state index in [0.29, 0.717) is 17.5 Å². The quantitative estimate of drug-likeness (QED) is 0.498. The molecule has 156 valence electrons. The van der Waals surface area contributed by atoms with Crippen LogP contribution in [0.15, 0.2) is 54.7 Å². The zero-order chi connectivity index (χ0) is 21.4. The van der Waals surface area contributed by atoms with Crippen LogP contribution in [0.1, 0.15) is 33.7 Å². The first-order valence-corrected chi connectivity index (χ1v) is 10.1. The van der Waals surface area contributed by atoms with Gasteiger partial charge in [-0.15, -0.1) is 0 Å². The zero-order valence-electron chi connectivity index (χ0n) is 17.0. The summed E-state index contributed by atoms with van der Waals surface area (Å²) in [5.41, 5.74) is 4.55. The molecule has 0 bridgehead atoms. The van der Waals surface area contributed by atoms with E-state index in [-0.39, 0.29) is 12.2 Å². The van der Waals surface area contributed by atoms with E-state index in [4.69, 9.17) is 14.6 Å². The molecule has 0 fully saturated rings. The van der Waals surface area contributed by atoms with Gasteiger partial charge in [-0.2, -0.15) is 0 Å². The van der Waals surface area contributed by atoms with Crippen molar-refractivity contribution in [3.05, 3.63) is 77.2 Å². The number of carboxylic acids is 1. The lowest BCUT2D eigenvalue weighted by Gasteiger charge is -2.08. The van der Waals surface area contributed by atoms with Gasteiger partial charge in [0.05, 0.1) is 17.3 Å². The van der Waals surface area contributed by atoms with Crippen molar-refractivity contribution in [2.24, 2.45) is 7.05 Å². The molecule has 7 heteroatoms. The highest BCUT2D eigenvalue weighted by Gasteiger charge is 2.14. The van der Waals surface area contributed by atoms with Crippen molar-refractivity contribution in [3.8, 4) is 17.4 Å². The second-order valence-electron chi connectivity index (χ2n) is 7.61. The fourth-order valence-electron chi connectivity index (χ4n) is 3.91. The molecule has 0 atom stereocenters. The van der Waals surface area contributed by atoms with Crippen LogP contribution >= 0.6 is 0 Å². The first kappa shape index (κ1) is 19.1. The highest BCUT2D eigenvalue weighted by molar-refractivity contribution is 5.88. The van der Waals surface area contributed by atoms with Crippen molar-refractivity contribution in [3.63, 3.8) is 0 Å². The SMILES string of the molecule is Cn1c(COc2cccc(C(=O)O)c2)nc2cnc(Oc3ccc4c(c3)CCC4)cc21. The van der Waals surface area contributed by atoms with E-state index < -0.39 is 5.97 Å². The van der Waals surface area contributed by atoms with Gasteiger partial charge in [-0.3, -0.25) is 0 Å². The molecule has 2 aromatic heterocycles. The van der Waals surface area contributed by atoms with Crippen molar-refractivity contribution in [2.75, 3.05) is 0 Å². The monoisotopic (exact) mass is 415 g/mol. The number of carbonyl (C=O) groups is 1. The van der Waals surface area contributed by atoms with E-state index in [1.807, 2.05) is 23.7 Å². The summed E-state index contributed by atoms with van der Waals surface area (Å²) in [7, 11) is 1.90. The lowest BCUT2D eigenvalue weighted by molar-refractivity contribution is 0.0696. The topological polar surface area (TPSA) is 86.5 Å². The number of benzene rings is 2. The molecule has 7 nitrogen and oxygen atoms in total. The molecular weight excluding hydrogens is 394 g/mol. The molecular formula is C24H21N3O4. The molecule has 1 aliphatic carbocycles. The molecule has 1 aliphatic rings. The van der Waals surface area contributed by atoms with Gasteiger partial charge >= 0.3 is 5.97 Å². The number of pyridine rings is 1. The molecule has 0 radical (unpaired) electrons. The molecule has 0 saturated heterocycles. The van der Waals surface area contributed by atoms with E-state index >= 15 is 0 Å². The van der Waals surface area contributed by atoms with Crippen LogP contribution in [0.4, 0.5) is 0 Å². The van der Waals surface area contributed by atoms with E-state index in [2.05, 4.69) is 22.1 Å². The van der Waals surface area contributed by atoms with Gasteiger partial charge in [0, 0.05) is 13.1 Å². The van der Waals surface area contributed by atoms with Crippen LogP contribution in [0, 0.1) is 0 Å². The number of ether oxygens (including phenoxy) is 2. The molecule has 0 saturated carbocycles. The minimum Gasteiger partial charge on any atom is -0.486 e. The van der Waals surface area contributed by atoms with Crippen LogP contribution in [0.3, 0.4) is 0 Å². The summed E-state index contributed by atoms with van der Waals surface area (Å²) in [6.07, 6.45) is 5.12. The molecule has 0 amide bonds. The number of aryl methyl sites for hydroxylation is 3. The molecule has 5 rings (SSSR count). The van der Waals surface area contributed by atoms with Crippen molar-refractivity contribution in [1.82, 2.24) is 14.5 Å². The number of fused-ring (bicyclic) bond motifs is 2. The lowest BCUT2D eigenvalue weighted by atomic mass is 10.1. The second-order valence-corrected chi connectivity index (χ2v) is 7.61. The van der Waals surface area contributed by atoms with Crippen LogP contribution < -0.4 is 9.47 Å². The van der Waals surface area contributed by atoms with Crippen LogP contribution in [0.2, 0.25) is 0 Å². The standard InChI is InChI=1S/C24H21N3O4/c1-27-21-12-23(31-19-9-8-15-4-2-5-16(15)10-19)25-13-20(21)26-22(27)14-30-18-7-3-6-17(11-18)24(28)29/h3,6-13H,2,4-5,14H2,1H3,(H,28,29). The Hall–Kier alpha value is -3.87. The number of aromatic nitrogens is 3. The number of aromatic carboxylic acids is 1. The fourth-order valence-corrected chi connectivity index (χ4v) is 3.91. The molecule has 4 aromatic rings. The molecule has 31 heavy (non-hydrogen) atoms. The minimum atomic E-state index is -0.991. The lowest BCUT2D eigenvalue weighted by Crippen LogP contribution is -2.04. The minimum absolute atomic E-state index is 0.181. The Morgan fingerprint density at radius 2 is 1.97 bits per heavy atom. The van der Waals surface area contributed by atoms with Gasteiger partial charge in [0.25, 0.3) is 0 Å². The number of carboxylic acid groups (broad SMARTS) is 1. The Morgan fingerprint density at radius 3 is 2.84 bits per heavy atom. The third-order valence-electron chi connectivity index (χ3n) is 5.58. The maximum Gasteiger partial charge on any atom is 0.335 e. The highest BCUT2D eigenvalue weighted by atomic mass is 16.5. The Bertz CT molecular complexity index is 1300. The predicted octanol–water partition coefficient (Wildman–Crippen LogP) is 4.53. The molecule has 1 N–H and O–H groups in total. The van der Waals surface area contributed by atoms with Crippen molar-refractivity contribution >= 4 is 17.0 Å². The van der Waals surface area contributed by atoms with E-state index in [1.54, 1.807) is 18.3 Å². The summed E-state index contributed by atoms with van der Waals surface area (Å²) in [4.78, 5) is 20.1. The van der Waals surface area contributed by atoms with Gasteiger partial charge in [-0.05, 0) is 60.7 Å². The third-order valence-corrected chi connectivity index (χ3v) is 5.58. The number of nitrogens with zero attached hydrogens (tertiary/aromatic N) is 3. The fraction of sp³-hybridized carbons (Fsp3) is 0.208. The van der Waals surface area contributed by atoms with Gasteiger partial charge in [0.15, 0.2) is 0 Å². The third kappa shape index (κ3) is 3.82. The second kappa shape index (κ2) is 7.75. The smallest absolute Gasteiger partial charge is 0.335 e. The largest absolute Gasteiger partial charge is 0.486 e. The summed E-state index contributed by atoms with van der Waals surface area (Å²) in [6.45, 7) is 0.204. The van der Waals surface area contributed by atoms with Gasteiger partial charge in [-0.1, -0.05) is 12.1 Å². The van der Waals surface area contributed by atoms with Gasteiger partial charge in [0.2, 0.25) is 5.88 Å². The van der Waals surface area contributed by atoms with Gasteiger partial charge in [-0.25, -0.2) is 14.8 Å². The van der Waals surface area contributed by atoms with Crippen LogP contribution in [0.5, 0.6) is 17.4 Å². The molecule has 0 unspecified atom stereocenters. The van der Waals surface area contributed by atoms with Crippen molar-refractivity contribution in [1.29, 1.82) is 0 Å². The summed E-state index contributed by atoms with van der Waals surface area (Å²) >= 11 is 0. The van der Waals surface area contributed by atoms with E-state index in [9.17, 15) is 4.79 Å². The molecule has 2 heterocycles. The highest BCUT2D eigenvalue weighted by Crippen LogP contribution is 2.29. The van der Waals surface area contributed by atoms with Gasteiger partial charge in [0.1, 0.15) is 29.4 Å². The summed E-state index contributed by atoms with van der Waals surface area (Å²) in [5.74, 6) is 1.49. The Labute approximate surface area is 178 Å². The van der Waals surface area contributed by atoms with Crippen LogP contribution in [-0.2, 0) is 26.5 Å². The maximum absolute atomic E-state index is 11.1. The first-order valence-electron chi connectivity index (χ1n) is 10.1. The number of imidazole rings is 1.